The van der Waals surface area contributed by atoms with Crippen molar-refractivity contribution in [3.8, 4) is 0 Å². The van der Waals surface area contributed by atoms with Crippen LogP contribution in [0.5, 0.6) is 0 Å². The molecule has 2 rings (SSSR count). The lowest BCUT2D eigenvalue weighted by Gasteiger charge is -2.20. The van der Waals surface area contributed by atoms with Gasteiger partial charge < -0.3 is 10.4 Å². The third-order valence-corrected chi connectivity index (χ3v) is 3.96. The summed E-state index contributed by atoms with van der Waals surface area (Å²) in [7, 11) is 0. The van der Waals surface area contributed by atoms with E-state index < -0.39 is 0 Å². The SMILES string of the molecule is O=C(NCCCCO)C1CC2CCC1C2. The first kappa shape index (κ1) is 10.9. The van der Waals surface area contributed by atoms with Crippen molar-refractivity contribution >= 4 is 5.91 Å². The highest BCUT2D eigenvalue weighted by molar-refractivity contribution is 5.79. The van der Waals surface area contributed by atoms with E-state index in [1.165, 1.54) is 19.3 Å². The minimum Gasteiger partial charge on any atom is -0.396 e. The Hall–Kier alpha value is -0.570. The van der Waals surface area contributed by atoms with Gasteiger partial charge in [-0.15, -0.1) is 0 Å². The number of aliphatic hydroxyl groups excluding tert-OH is 1. The molecule has 0 aromatic carbocycles. The van der Waals surface area contributed by atoms with Crippen LogP contribution in [0, 0.1) is 17.8 Å². The minimum absolute atomic E-state index is 0.226. The van der Waals surface area contributed by atoms with E-state index in [9.17, 15) is 4.79 Å². The van der Waals surface area contributed by atoms with Crippen LogP contribution in [0.3, 0.4) is 0 Å². The van der Waals surface area contributed by atoms with E-state index in [2.05, 4.69) is 5.32 Å². The van der Waals surface area contributed by atoms with Gasteiger partial charge in [0.05, 0.1) is 0 Å². The first-order valence-electron chi connectivity index (χ1n) is 6.20. The molecule has 86 valence electrons. The summed E-state index contributed by atoms with van der Waals surface area (Å²) in [6, 6.07) is 0. The van der Waals surface area contributed by atoms with Crippen molar-refractivity contribution in [3.05, 3.63) is 0 Å². The Morgan fingerprint density at radius 1 is 1.27 bits per heavy atom. The van der Waals surface area contributed by atoms with Crippen LogP contribution < -0.4 is 5.32 Å². The van der Waals surface area contributed by atoms with Crippen LogP contribution in [0.25, 0.3) is 0 Å². The number of hydrogen-bond acceptors (Lipinski definition) is 2. The molecule has 1 amide bonds. The zero-order valence-electron chi connectivity index (χ0n) is 9.24. The van der Waals surface area contributed by atoms with Gasteiger partial charge in [0, 0.05) is 19.1 Å². The predicted molar refractivity (Wildman–Crippen MR) is 58.3 cm³/mol. The average Bonchev–Trinajstić information content (AvgIpc) is 2.85. The number of hydrogen-bond donors (Lipinski definition) is 2. The number of aliphatic hydroxyl groups is 1. The molecule has 0 heterocycles. The zero-order chi connectivity index (χ0) is 10.7. The van der Waals surface area contributed by atoms with Gasteiger partial charge in [-0.05, 0) is 43.9 Å². The van der Waals surface area contributed by atoms with E-state index in [0.29, 0.717) is 11.8 Å². The van der Waals surface area contributed by atoms with Crippen LogP contribution in [-0.2, 0) is 4.79 Å². The maximum Gasteiger partial charge on any atom is 0.223 e. The molecular formula is C12H21NO2. The van der Waals surface area contributed by atoms with Crippen LogP contribution in [0.4, 0.5) is 0 Å². The molecule has 0 spiro atoms. The molecule has 0 aliphatic heterocycles. The standard InChI is InChI=1S/C12H21NO2/c14-6-2-1-5-13-12(15)11-8-9-3-4-10(11)7-9/h9-11,14H,1-8H2,(H,13,15). The lowest BCUT2D eigenvalue weighted by Crippen LogP contribution is -2.34. The van der Waals surface area contributed by atoms with Gasteiger partial charge in [-0.25, -0.2) is 0 Å². The second-order valence-corrected chi connectivity index (χ2v) is 5.00. The normalized spacial score (nSPS) is 33.3. The van der Waals surface area contributed by atoms with E-state index in [1.807, 2.05) is 0 Å². The van der Waals surface area contributed by atoms with Gasteiger partial charge in [-0.1, -0.05) is 6.42 Å². The summed E-state index contributed by atoms with van der Waals surface area (Å²) in [5.41, 5.74) is 0. The number of rotatable bonds is 5. The largest absolute Gasteiger partial charge is 0.396 e. The van der Waals surface area contributed by atoms with E-state index in [4.69, 9.17) is 5.11 Å². The van der Waals surface area contributed by atoms with Crippen molar-refractivity contribution in [2.45, 2.75) is 38.5 Å². The molecule has 2 aliphatic rings. The molecule has 2 N–H and O–H groups in total. The number of fused-ring (bicyclic) bond motifs is 2. The summed E-state index contributed by atoms with van der Waals surface area (Å²) in [6.07, 6.45) is 6.70. The number of nitrogens with one attached hydrogen (secondary N) is 1. The van der Waals surface area contributed by atoms with E-state index in [1.54, 1.807) is 0 Å². The van der Waals surface area contributed by atoms with Crippen molar-refractivity contribution in [2.24, 2.45) is 17.8 Å². The fraction of sp³-hybridized carbons (Fsp3) is 0.917. The van der Waals surface area contributed by atoms with Gasteiger partial charge >= 0.3 is 0 Å². The Bertz CT molecular complexity index is 230. The Balaban J connectivity index is 1.68. The predicted octanol–water partition coefficient (Wildman–Crippen LogP) is 1.31. The molecule has 2 bridgehead atoms. The van der Waals surface area contributed by atoms with Gasteiger partial charge in [0.1, 0.15) is 0 Å². The minimum atomic E-state index is 0.226. The highest BCUT2D eigenvalue weighted by Gasteiger charge is 2.42. The molecule has 3 atom stereocenters. The summed E-state index contributed by atoms with van der Waals surface area (Å²) in [5, 5.41) is 11.6. The zero-order valence-corrected chi connectivity index (χ0v) is 9.24. The molecule has 2 saturated carbocycles. The van der Waals surface area contributed by atoms with Gasteiger partial charge in [0.2, 0.25) is 5.91 Å². The molecule has 0 aromatic rings. The fourth-order valence-electron chi connectivity index (χ4n) is 3.15. The lowest BCUT2D eigenvalue weighted by molar-refractivity contribution is -0.126. The molecule has 3 nitrogen and oxygen atoms in total. The van der Waals surface area contributed by atoms with Gasteiger partial charge in [-0.2, -0.15) is 0 Å². The summed E-state index contributed by atoms with van der Waals surface area (Å²) >= 11 is 0. The molecule has 3 unspecified atom stereocenters. The van der Waals surface area contributed by atoms with Crippen LogP contribution in [0.1, 0.15) is 38.5 Å². The second kappa shape index (κ2) is 4.97. The Morgan fingerprint density at radius 3 is 2.73 bits per heavy atom. The first-order chi connectivity index (χ1) is 7.31. The van der Waals surface area contributed by atoms with Crippen molar-refractivity contribution in [2.75, 3.05) is 13.2 Å². The van der Waals surface area contributed by atoms with Gasteiger partial charge in [0.15, 0.2) is 0 Å². The van der Waals surface area contributed by atoms with E-state index in [-0.39, 0.29) is 12.5 Å². The molecule has 0 saturated heterocycles. The monoisotopic (exact) mass is 211 g/mol. The van der Waals surface area contributed by atoms with Crippen molar-refractivity contribution < 1.29 is 9.90 Å². The Morgan fingerprint density at radius 2 is 2.13 bits per heavy atom. The fourth-order valence-corrected chi connectivity index (χ4v) is 3.15. The molecule has 2 aliphatic carbocycles. The molecule has 3 heteroatoms. The lowest BCUT2D eigenvalue weighted by atomic mass is 9.88. The Kier molecular flexibility index (Phi) is 3.62. The van der Waals surface area contributed by atoms with Crippen molar-refractivity contribution in [3.63, 3.8) is 0 Å². The molecular weight excluding hydrogens is 190 g/mol. The third kappa shape index (κ3) is 2.51. The van der Waals surface area contributed by atoms with Crippen LogP contribution in [-0.4, -0.2) is 24.2 Å². The maximum atomic E-state index is 11.8. The topological polar surface area (TPSA) is 49.3 Å². The van der Waals surface area contributed by atoms with Gasteiger partial charge in [0.25, 0.3) is 0 Å². The Labute approximate surface area is 91.2 Å². The summed E-state index contributed by atoms with van der Waals surface area (Å²) < 4.78 is 0. The van der Waals surface area contributed by atoms with Crippen LogP contribution in [0.15, 0.2) is 0 Å². The molecule has 0 radical (unpaired) electrons. The number of carbonyl (C=O) groups excluding carboxylic acids is 1. The number of carbonyl (C=O) groups is 1. The van der Waals surface area contributed by atoms with Crippen LogP contribution >= 0.6 is 0 Å². The van der Waals surface area contributed by atoms with E-state index >= 15 is 0 Å². The highest BCUT2D eigenvalue weighted by atomic mass is 16.2. The summed E-state index contributed by atoms with van der Waals surface area (Å²) in [6.45, 7) is 0.956. The van der Waals surface area contributed by atoms with E-state index in [0.717, 1.165) is 31.7 Å². The number of unbranched alkanes of at least 4 members (excludes halogenated alkanes) is 1. The van der Waals surface area contributed by atoms with Crippen LogP contribution in [0.2, 0.25) is 0 Å². The van der Waals surface area contributed by atoms with Crippen molar-refractivity contribution in [1.29, 1.82) is 0 Å². The molecule has 2 fully saturated rings. The maximum absolute atomic E-state index is 11.8. The average molecular weight is 211 g/mol. The molecule has 15 heavy (non-hydrogen) atoms. The smallest absolute Gasteiger partial charge is 0.223 e. The molecule has 0 aromatic heterocycles. The summed E-state index contributed by atoms with van der Waals surface area (Å²) in [4.78, 5) is 11.8. The highest BCUT2D eigenvalue weighted by Crippen LogP contribution is 2.48. The number of amides is 1. The second-order valence-electron chi connectivity index (χ2n) is 5.00. The first-order valence-corrected chi connectivity index (χ1v) is 6.20. The quantitative estimate of drug-likeness (QED) is 0.674. The third-order valence-electron chi connectivity index (χ3n) is 3.96. The van der Waals surface area contributed by atoms with Gasteiger partial charge in [-0.3, -0.25) is 4.79 Å². The van der Waals surface area contributed by atoms with Crippen molar-refractivity contribution in [1.82, 2.24) is 5.32 Å². The summed E-state index contributed by atoms with van der Waals surface area (Å²) in [5.74, 6) is 2.08.